The van der Waals surface area contributed by atoms with E-state index in [1.165, 1.54) is 0 Å². The molecule has 2 nitrogen and oxygen atoms in total. The summed E-state index contributed by atoms with van der Waals surface area (Å²) < 4.78 is 5.27. The number of allylic oxidation sites excluding steroid dienone is 1. The molecule has 0 saturated heterocycles. The first-order chi connectivity index (χ1) is 5.94. The maximum absolute atomic E-state index is 11.2. The maximum Gasteiger partial charge on any atom is 0.332 e. The first-order valence-corrected chi connectivity index (χ1v) is 4.57. The average molecular weight is 178 g/mol. The second-order valence-electron chi connectivity index (χ2n) is 4.58. The Morgan fingerprint density at radius 1 is 1.38 bits per heavy atom. The van der Waals surface area contributed by atoms with Crippen LogP contribution in [-0.2, 0) is 9.53 Å². The van der Waals surface area contributed by atoms with Crippen molar-refractivity contribution in [3.63, 3.8) is 0 Å². The molecule has 0 bridgehead atoms. The Labute approximate surface area is 78.3 Å². The highest BCUT2D eigenvalue weighted by atomic mass is 16.6. The van der Waals surface area contributed by atoms with Gasteiger partial charge in [0.2, 0.25) is 0 Å². The van der Waals surface area contributed by atoms with Crippen LogP contribution >= 0.6 is 0 Å². The van der Waals surface area contributed by atoms with Crippen LogP contribution in [0.15, 0.2) is 23.8 Å². The van der Waals surface area contributed by atoms with E-state index in [0.717, 1.165) is 12.0 Å². The Morgan fingerprint density at radius 2 is 2.08 bits per heavy atom. The molecule has 1 heterocycles. The third-order valence-corrected chi connectivity index (χ3v) is 2.90. The van der Waals surface area contributed by atoms with Crippen molar-refractivity contribution in [1.29, 1.82) is 0 Å². The van der Waals surface area contributed by atoms with Crippen LogP contribution in [0.25, 0.3) is 0 Å². The quantitative estimate of drug-likeness (QED) is 0.420. The molecule has 2 aliphatic rings. The lowest BCUT2D eigenvalue weighted by molar-refractivity contribution is -0.142. The highest BCUT2D eigenvalue weighted by molar-refractivity contribution is 5.87. The summed E-state index contributed by atoms with van der Waals surface area (Å²) in [6, 6.07) is 0. The number of hydrogen-bond donors (Lipinski definition) is 0. The van der Waals surface area contributed by atoms with E-state index >= 15 is 0 Å². The molecule has 1 atom stereocenters. The van der Waals surface area contributed by atoms with Crippen LogP contribution in [0.4, 0.5) is 0 Å². The number of ether oxygens (including phenoxy) is 1. The normalized spacial score (nSPS) is 35.3. The molecule has 0 radical (unpaired) electrons. The molecule has 0 amide bonds. The third kappa shape index (κ3) is 1.12. The summed E-state index contributed by atoms with van der Waals surface area (Å²) in [7, 11) is 0. The number of hydrogen-bond acceptors (Lipinski definition) is 2. The van der Waals surface area contributed by atoms with Gasteiger partial charge in [-0.3, -0.25) is 0 Å². The largest absolute Gasteiger partial charge is 0.447 e. The van der Waals surface area contributed by atoms with Crippen LogP contribution in [0.3, 0.4) is 0 Å². The number of rotatable bonds is 0. The summed E-state index contributed by atoms with van der Waals surface area (Å²) in [6.45, 7) is 6.23. The molecule has 0 aromatic rings. The van der Waals surface area contributed by atoms with Crippen molar-refractivity contribution in [2.45, 2.75) is 32.8 Å². The second-order valence-corrected chi connectivity index (χ2v) is 4.58. The van der Waals surface area contributed by atoms with E-state index in [9.17, 15) is 4.79 Å². The summed E-state index contributed by atoms with van der Waals surface area (Å²) in [5.41, 5.74) is 0.682. The Morgan fingerprint density at radius 3 is 2.69 bits per heavy atom. The van der Waals surface area contributed by atoms with Crippen molar-refractivity contribution in [2.75, 3.05) is 0 Å². The van der Waals surface area contributed by atoms with Gasteiger partial charge >= 0.3 is 5.97 Å². The van der Waals surface area contributed by atoms with Crippen molar-refractivity contribution in [3.05, 3.63) is 23.8 Å². The number of carbonyl (C=O) groups is 1. The lowest BCUT2D eigenvalue weighted by Gasteiger charge is -2.37. The van der Waals surface area contributed by atoms with E-state index in [-0.39, 0.29) is 11.4 Å². The minimum Gasteiger partial charge on any atom is -0.447 e. The number of fused-ring (bicyclic) bond motifs is 1. The standard InChI is InChI=1S/C11H14O2/c1-10(2)5-4-6-11(3)8(10)7-9(12)13-11/h4,6-7H,5H2,1-3H3. The summed E-state index contributed by atoms with van der Waals surface area (Å²) in [5.74, 6) is -0.211. The molecule has 0 N–H and O–H groups in total. The molecule has 0 aromatic carbocycles. The molecular formula is C11H14O2. The van der Waals surface area contributed by atoms with E-state index in [2.05, 4.69) is 19.9 Å². The molecule has 1 unspecified atom stereocenters. The van der Waals surface area contributed by atoms with Crippen molar-refractivity contribution in [2.24, 2.45) is 5.41 Å². The van der Waals surface area contributed by atoms with Gasteiger partial charge in [-0.05, 0) is 30.4 Å². The van der Waals surface area contributed by atoms with Crippen LogP contribution in [0.5, 0.6) is 0 Å². The van der Waals surface area contributed by atoms with Gasteiger partial charge in [0, 0.05) is 6.08 Å². The summed E-state index contributed by atoms with van der Waals surface area (Å²) in [6.07, 6.45) is 6.69. The first kappa shape index (κ1) is 8.54. The van der Waals surface area contributed by atoms with Crippen LogP contribution in [0.1, 0.15) is 27.2 Å². The molecule has 0 aromatic heterocycles. The summed E-state index contributed by atoms with van der Waals surface area (Å²) in [5, 5.41) is 0. The topological polar surface area (TPSA) is 26.3 Å². The lowest BCUT2D eigenvalue weighted by atomic mass is 9.70. The fourth-order valence-corrected chi connectivity index (χ4v) is 2.23. The zero-order chi connectivity index (χ0) is 9.69. The lowest BCUT2D eigenvalue weighted by Crippen LogP contribution is -2.35. The molecule has 0 spiro atoms. The zero-order valence-corrected chi connectivity index (χ0v) is 8.26. The third-order valence-electron chi connectivity index (χ3n) is 2.90. The number of esters is 1. The SMILES string of the molecule is CC1(C)CC=CC2(C)OC(=O)C=C12. The van der Waals surface area contributed by atoms with Crippen LogP contribution in [-0.4, -0.2) is 11.6 Å². The highest BCUT2D eigenvalue weighted by Gasteiger charge is 2.45. The van der Waals surface area contributed by atoms with Crippen molar-refractivity contribution >= 4 is 5.97 Å². The molecule has 1 aliphatic heterocycles. The van der Waals surface area contributed by atoms with Gasteiger partial charge in [0.25, 0.3) is 0 Å². The fourth-order valence-electron chi connectivity index (χ4n) is 2.23. The summed E-state index contributed by atoms with van der Waals surface area (Å²) in [4.78, 5) is 11.2. The van der Waals surface area contributed by atoms with Crippen LogP contribution in [0, 0.1) is 5.41 Å². The molecule has 1 aliphatic carbocycles. The van der Waals surface area contributed by atoms with E-state index in [1.54, 1.807) is 6.08 Å². The predicted octanol–water partition coefficient (Wildman–Crippen LogP) is 2.21. The maximum atomic E-state index is 11.2. The van der Waals surface area contributed by atoms with Crippen LogP contribution in [0.2, 0.25) is 0 Å². The Kier molecular flexibility index (Phi) is 1.48. The monoisotopic (exact) mass is 178 g/mol. The van der Waals surface area contributed by atoms with Gasteiger partial charge in [0.1, 0.15) is 5.60 Å². The molecule has 2 heteroatoms. The van der Waals surface area contributed by atoms with Gasteiger partial charge < -0.3 is 4.74 Å². The summed E-state index contributed by atoms with van der Waals surface area (Å²) >= 11 is 0. The van der Waals surface area contributed by atoms with E-state index in [4.69, 9.17) is 4.74 Å². The number of carbonyl (C=O) groups excluding carboxylic acids is 1. The molecule has 70 valence electrons. The average Bonchev–Trinajstić information content (AvgIpc) is 2.25. The van der Waals surface area contributed by atoms with E-state index in [0.29, 0.717) is 0 Å². The zero-order valence-electron chi connectivity index (χ0n) is 8.26. The molecule has 0 saturated carbocycles. The van der Waals surface area contributed by atoms with Gasteiger partial charge in [-0.2, -0.15) is 0 Å². The van der Waals surface area contributed by atoms with Gasteiger partial charge in [0.15, 0.2) is 0 Å². The van der Waals surface area contributed by atoms with Crippen molar-refractivity contribution in [3.8, 4) is 0 Å². The first-order valence-electron chi connectivity index (χ1n) is 4.57. The molecule has 13 heavy (non-hydrogen) atoms. The Bertz CT molecular complexity index is 323. The van der Waals surface area contributed by atoms with Gasteiger partial charge in [-0.15, -0.1) is 0 Å². The minimum atomic E-state index is -0.473. The second kappa shape index (κ2) is 2.25. The highest BCUT2D eigenvalue weighted by Crippen LogP contribution is 2.46. The molecule has 2 rings (SSSR count). The Hall–Kier alpha value is -1.05. The predicted molar refractivity (Wildman–Crippen MR) is 50.1 cm³/mol. The van der Waals surface area contributed by atoms with E-state index < -0.39 is 5.60 Å². The fraction of sp³-hybridized carbons (Fsp3) is 0.545. The van der Waals surface area contributed by atoms with Gasteiger partial charge in [-0.25, -0.2) is 4.79 Å². The van der Waals surface area contributed by atoms with Gasteiger partial charge in [0.05, 0.1) is 0 Å². The molecule has 0 fully saturated rings. The van der Waals surface area contributed by atoms with Gasteiger partial charge in [-0.1, -0.05) is 19.9 Å². The van der Waals surface area contributed by atoms with E-state index in [1.807, 2.05) is 13.0 Å². The van der Waals surface area contributed by atoms with Crippen LogP contribution < -0.4 is 0 Å². The smallest absolute Gasteiger partial charge is 0.332 e. The minimum absolute atomic E-state index is 0.0513. The van der Waals surface area contributed by atoms with Crippen molar-refractivity contribution in [1.82, 2.24) is 0 Å². The van der Waals surface area contributed by atoms with Crippen molar-refractivity contribution < 1.29 is 9.53 Å². The Balaban J connectivity index is 2.52. The molecular weight excluding hydrogens is 164 g/mol.